The Morgan fingerprint density at radius 2 is 1.68 bits per heavy atom. The Labute approximate surface area is 156 Å². The molecule has 0 aromatic heterocycles. The molecule has 0 aromatic rings. The fourth-order valence-electron chi connectivity index (χ4n) is 8.88. The minimum atomic E-state index is 0.377. The average molecular weight is 347 g/mol. The highest BCUT2D eigenvalue weighted by Crippen LogP contribution is 2.68. The molecule has 0 unspecified atom stereocenters. The summed E-state index contributed by atoms with van der Waals surface area (Å²) in [5, 5.41) is 9.25. The first-order valence-corrected chi connectivity index (χ1v) is 11.6. The molecule has 4 fully saturated rings. The van der Waals surface area contributed by atoms with Crippen LogP contribution in [0.25, 0.3) is 0 Å². The number of aliphatic hydroxyl groups is 1. The average Bonchev–Trinajstić information content (AvgIpc) is 2.96. The minimum Gasteiger partial charge on any atom is -0.396 e. The Kier molecular flexibility index (Phi) is 5.02. The molecule has 4 aliphatic carbocycles. The lowest BCUT2D eigenvalue weighted by atomic mass is 9.44. The molecular formula is C24H42O. The Bertz CT molecular complexity index is 473. The summed E-state index contributed by atoms with van der Waals surface area (Å²) in [4.78, 5) is 0. The second-order valence-electron chi connectivity index (χ2n) is 11.0. The van der Waals surface area contributed by atoms with Gasteiger partial charge in [-0.25, -0.2) is 0 Å². The van der Waals surface area contributed by atoms with Crippen LogP contribution in [-0.2, 0) is 0 Å². The molecule has 8 atom stereocenters. The van der Waals surface area contributed by atoms with Crippen molar-refractivity contribution in [2.45, 2.75) is 97.8 Å². The molecule has 0 spiro atoms. The van der Waals surface area contributed by atoms with Gasteiger partial charge in [-0.3, -0.25) is 0 Å². The maximum absolute atomic E-state index is 9.25. The third kappa shape index (κ3) is 2.82. The zero-order chi connectivity index (χ0) is 17.7. The zero-order valence-electron chi connectivity index (χ0n) is 17.1. The van der Waals surface area contributed by atoms with Gasteiger partial charge in [-0.1, -0.05) is 33.6 Å². The minimum absolute atomic E-state index is 0.377. The van der Waals surface area contributed by atoms with Crippen LogP contribution in [0.15, 0.2) is 0 Å². The van der Waals surface area contributed by atoms with Gasteiger partial charge in [-0.2, -0.15) is 0 Å². The van der Waals surface area contributed by atoms with E-state index >= 15 is 0 Å². The summed E-state index contributed by atoms with van der Waals surface area (Å²) in [6.45, 7) is 8.24. The molecule has 0 amide bonds. The molecule has 4 saturated carbocycles. The molecule has 0 aromatic carbocycles. The van der Waals surface area contributed by atoms with Crippen LogP contribution >= 0.6 is 0 Å². The maximum Gasteiger partial charge on any atom is 0.0431 e. The highest BCUT2D eigenvalue weighted by Gasteiger charge is 2.59. The number of rotatable bonds is 4. The van der Waals surface area contributed by atoms with Crippen molar-refractivity contribution < 1.29 is 5.11 Å². The maximum atomic E-state index is 9.25. The van der Waals surface area contributed by atoms with Crippen molar-refractivity contribution >= 4 is 0 Å². The Balaban J connectivity index is 1.53. The standard InChI is InChI=1S/C24H42O/c1-17(7-6-16-25)20-11-12-21-19-10-9-18-8-4-5-14-23(18,2)22(19)13-15-24(20,21)3/h17-22,25H,4-16H2,1-3H3/t17-,18+,19+,20-,21+,22+,23-,24+/m0/s1. The summed E-state index contributed by atoms with van der Waals surface area (Å²) < 4.78 is 0. The van der Waals surface area contributed by atoms with E-state index in [0.717, 1.165) is 41.9 Å². The molecule has 0 aliphatic heterocycles. The lowest BCUT2D eigenvalue weighted by molar-refractivity contribution is -0.114. The van der Waals surface area contributed by atoms with Gasteiger partial charge in [-0.15, -0.1) is 0 Å². The van der Waals surface area contributed by atoms with E-state index in [-0.39, 0.29) is 0 Å². The molecule has 0 heterocycles. The molecule has 1 nitrogen and oxygen atoms in total. The second-order valence-corrected chi connectivity index (χ2v) is 11.0. The number of hydrogen-bond acceptors (Lipinski definition) is 1. The van der Waals surface area contributed by atoms with Crippen LogP contribution in [0.2, 0.25) is 0 Å². The van der Waals surface area contributed by atoms with Crippen molar-refractivity contribution in [3.63, 3.8) is 0 Å². The van der Waals surface area contributed by atoms with Gasteiger partial charge in [0.25, 0.3) is 0 Å². The van der Waals surface area contributed by atoms with Crippen molar-refractivity contribution in [1.29, 1.82) is 0 Å². The molecule has 0 bridgehead atoms. The molecule has 25 heavy (non-hydrogen) atoms. The highest BCUT2D eigenvalue weighted by atomic mass is 16.2. The highest BCUT2D eigenvalue weighted by molar-refractivity contribution is 5.09. The molecular weight excluding hydrogens is 304 g/mol. The predicted octanol–water partition coefficient (Wildman–Crippen LogP) is 6.44. The summed E-state index contributed by atoms with van der Waals surface area (Å²) in [5.41, 5.74) is 1.29. The third-order valence-corrected chi connectivity index (χ3v) is 10.2. The fraction of sp³-hybridized carbons (Fsp3) is 1.00. The zero-order valence-corrected chi connectivity index (χ0v) is 17.1. The van der Waals surface area contributed by atoms with E-state index in [9.17, 15) is 5.11 Å². The van der Waals surface area contributed by atoms with Gasteiger partial charge < -0.3 is 5.11 Å². The number of fused-ring (bicyclic) bond motifs is 5. The lowest BCUT2D eigenvalue weighted by Crippen LogP contribution is -2.53. The monoisotopic (exact) mass is 346 g/mol. The van der Waals surface area contributed by atoms with Crippen LogP contribution in [0.4, 0.5) is 0 Å². The molecule has 4 aliphatic rings. The summed E-state index contributed by atoms with van der Waals surface area (Å²) in [6.07, 6.45) is 17.4. The third-order valence-electron chi connectivity index (χ3n) is 10.2. The molecule has 1 N–H and O–H groups in total. The van der Waals surface area contributed by atoms with Gasteiger partial charge in [0.05, 0.1) is 0 Å². The van der Waals surface area contributed by atoms with Crippen LogP contribution in [0.3, 0.4) is 0 Å². The molecule has 4 rings (SSSR count). The first-order valence-electron chi connectivity index (χ1n) is 11.6. The van der Waals surface area contributed by atoms with E-state index in [2.05, 4.69) is 20.8 Å². The van der Waals surface area contributed by atoms with Crippen LogP contribution in [-0.4, -0.2) is 11.7 Å². The van der Waals surface area contributed by atoms with E-state index < -0.39 is 0 Å². The smallest absolute Gasteiger partial charge is 0.0431 e. The molecule has 0 radical (unpaired) electrons. The van der Waals surface area contributed by atoms with Crippen LogP contribution in [0, 0.1) is 46.3 Å². The first-order chi connectivity index (χ1) is 12.0. The topological polar surface area (TPSA) is 20.2 Å². The summed E-state index contributed by atoms with van der Waals surface area (Å²) in [6, 6.07) is 0. The van der Waals surface area contributed by atoms with Gasteiger partial charge in [0, 0.05) is 6.61 Å². The normalized spacial score (nSPS) is 50.6. The Hall–Kier alpha value is -0.0400. The van der Waals surface area contributed by atoms with E-state index in [1.54, 1.807) is 6.42 Å². The van der Waals surface area contributed by atoms with Gasteiger partial charge >= 0.3 is 0 Å². The Morgan fingerprint density at radius 3 is 2.48 bits per heavy atom. The predicted molar refractivity (Wildman–Crippen MR) is 105 cm³/mol. The van der Waals surface area contributed by atoms with Crippen molar-refractivity contribution in [1.82, 2.24) is 0 Å². The van der Waals surface area contributed by atoms with Crippen LogP contribution in [0.5, 0.6) is 0 Å². The largest absolute Gasteiger partial charge is 0.396 e. The first kappa shape index (κ1) is 18.3. The van der Waals surface area contributed by atoms with E-state index in [1.165, 1.54) is 64.2 Å². The SMILES string of the molecule is C[C@@H](CCCO)[C@@H]1CC[C@@H]2[C@H]3CC[C@H]4CCCC[C@]4(C)[C@@H]3CC[C@@]21C. The van der Waals surface area contributed by atoms with Gasteiger partial charge in [0.1, 0.15) is 0 Å². The van der Waals surface area contributed by atoms with Crippen molar-refractivity contribution in [2.75, 3.05) is 6.61 Å². The number of aliphatic hydroxyl groups excluding tert-OH is 1. The van der Waals surface area contributed by atoms with Crippen molar-refractivity contribution in [3.8, 4) is 0 Å². The summed E-state index contributed by atoms with van der Waals surface area (Å²) in [5.74, 6) is 5.85. The fourth-order valence-corrected chi connectivity index (χ4v) is 8.88. The van der Waals surface area contributed by atoms with Gasteiger partial charge in [0.15, 0.2) is 0 Å². The quantitative estimate of drug-likeness (QED) is 0.620. The van der Waals surface area contributed by atoms with Gasteiger partial charge in [-0.05, 0) is 111 Å². The molecule has 1 heteroatoms. The van der Waals surface area contributed by atoms with Crippen LogP contribution < -0.4 is 0 Å². The van der Waals surface area contributed by atoms with E-state index in [0.29, 0.717) is 17.4 Å². The van der Waals surface area contributed by atoms with Gasteiger partial charge in [0.2, 0.25) is 0 Å². The second kappa shape index (κ2) is 6.84. The van der Waals surface area contributed by atoms with E-state index in [4.69, 9.17) is 0 Å². The summed E-state index contributed by atoms with van der Waals surface area (Å²) >= 11 is 0. The van der Waals surface area contributed by atoms with Crippen LogP contribution in [0.1, 0.15) is 97.8 Å². The molecule has 144 valence electrons. The lowest BCUT2D eigenvalue weighted by Gasteiger charge is -2.61. The Morgan fingerprint density at radius 1 is 0.880 bits per heavy atom. The van der Waals surface area contributed by atoms with Crippen molar-refractivity contribution in [2.24, 2.45) is 46.3 Å². The summed E-state index contributed by atoms with van der Waals surface area (Å²) in [7, 11) is 0. The van der Waals surface area contributed by atoms with Crippen molar-refractivity contribution in [3.05, 3.63) is 0 Å². The molecule has 0 saturated heterocycles. The van der Waals surface area contributed by atoms with E-state index in [1.807, 2.05) is 0 Å². The number of hydrogen-bond donors (Lipinski definition) is 1.